The normalized spacial score (nSPS) is 16.8. The maximum absolute atomic E-state index is 13.9. The molecule has 2 heterocycles. The van der Waals surface area contributed by atoms with E-state index in [0.717, 1.165) is 28.7 Å². The van der Waals surface area contributed by atoms with Crippen molar-refractivity contribution in [3.8, 4) is 5.75 Å². The lowest BCUT2D eigenvalue weighted by molar-refractivity contribution is -0.121. The SMILES string of the molecule is COc1ccc(S(=O)(=O)N2CCCC2C(=O)N(CCCN(C)C)c2nc3c(C)cccc3s2)cc1. The summed E-state index contributed by atoms with van der Waals surface area (Å²) in [6.07, 6.45) is 1.88. The number of ether oxygens (including phenoxy) is 1. The Labute approximate surface area is 211 Å². The van der Waals surface area contributed by atoms with Crippen molar-refractivity contribution in [2.24, 2.45) is 0 Å². The lowest BCUT2D eigenvalue weighted by Crippen LogP contribution is -2.48. The highest BCUT2D eigenvalue weighted by Gasteiger charge is 2.42. The van der Waals surface area contributed by atoms with E-state index in [1.165, 1.54) is 34.9 Å². The molecule has 0 saturated carbocycles. The Morgan fingerprint density at radius 3 is 2.57 bits per heavy atom. The molecule has 10 heteroatoms. The van der Waals surface area contributed by atoms with E-state index in [9.17, 15) is 13.2 Å². The molecule has 1 unspecified atom stereocenters. The average molecular weight is 517 g/mol. The van der Waals surface area contributed by atoms with Gasteiger partial charge in [0.05, 0.1) is 22.2 Å². The fourth-order valence-electron chi connectivity index (χ4n) is 4.37. The van der Waals surface area contributed by atoms with Crippen LogP contribution in [0.2, 0.25) is 0 Å². The molecule has 2 aromatic carbocycles. The van der Waals surface area contributed by atoms with E-state index in [1.807, 2.05) is 39.2 Å². The van der Waals surface area contributed by atoms with Crippen molar-refractivity contribution >= 4 is 42.6 Å². The molecule has 1 fully saturated rings. The largest absolute Gasteiger partial charge is 0.497 e. The number of carbonyl (C=O) groups is 1. The summed E-state index contributed by atoms with van der Waals surface area (Å²) in [7, 11) is 1.69. The number of amides is 1. The molecule has 35 heavy (non-hydrogen) atoms. The van der Waals surface area contributed by atoms with E-state index in [1.54, 1.807) is 17.0 Å². The van der Waals surface area contributed by atoms with Gasteiger partial charge in [0.15, 0.2) is 5.13 Å². The molecule has 4 rings (SSSR count). The van der Waals surface area contributed by atoms with E-state index in [4.69, 9.17) is 9.72 Å². The minimum Gasteiger partial charge on any atom is -0.497 e. The van der Waals surface area contributed by atoms with E-state index in [-0.39, 0.29) is 10.8 Å². The molecule has 1 aliphatic rings. The number of hydrogen-bond donors (Lipinski definition) is 0. The van der Waals surface area contributed by atoms with Gasteiger partial charge in [-0.25, -0.2) is 13.4 Å². The van der Waals surface area contributed by atoms with Crippen LogP contribution in [-0.2, 0) is 14.8 Å². The molecule has 0 spiro atoms. The van der Waals surface area contributed by atoms with Gasteiger partial charge in [0, 0.05) is 13.1 Å². The van der Waals surface area contributed by atoms with Crippen molar-refractivity contribution in [1.29, 1.82) is 0 Å². The third kappa shape index (κ3) is 5.35. The Kier molecular flexibility index (Phi) is 7.75. The van der Waals surface area contributed by atoms with E-state index >= 15 is 0 Å². The highest BCUT2D eigenvalue weighted by molar-refractivity contribution is 7.89. The van der Waals surface area contributed by atoms with Gasteiger partial charge in [-0.3, -0.25) is 9.69 Å². The van der Waals surface area contributed by atoms with Crippen LogP contribution in [-0.4, -0.2) is 75.4 Å². The lowest BCUT2D eigenvalue weighted by atomic mass is 10.2. The number of para-hydroxylation sites is 1. The third-order valence-electron chi connectivity index (χ3n) is 6.25. The summed E-state index contributed by atoms with van der Waals surface area (Å²) in [6, 6.07) is 11.5. The number of rotatable bonds is 9. The topological polar surface area (TPSA) is 83.0 Å². The van der Waals surface area contributed by atoms with Gasteiger partial charge in [0.25, 0.3) is 0 Å². The Hall–Kier alpha value is -2.53. The monoisotopic (exact) mass is 516 g/mol. The Balaban J connectivity index is 1.65. The standard InChI is InChI=1S/C25H32N4O4S2/c1-18-8-5-10-22-23(18)26-25(34-22)28(16-7-15-27(2)3)24(30)21-9-6-17-29(21)35(31,32)20-13-11-19(33-4)12-14-20/h5,8,10-14,21H,6-7,9,15-17H2,1-4H3. The summed E-state index contributed by atoms with van der Waals surface area (Å²) in [5.41, 5.74) is 1.93. The number of hydrogen-bond acceptors (Lipinski definition) is 7. The van der Waals surface area contributed by atoms with Gasteiger partial charge in [0.1, 0.15) is 11.8 Å². The van der Waals surface area contributed by atoms with Gasteiger partial charge in [-0.2, -0.15) is 4.31 Å². The van der Waals surface area contributed by atoms with Crippen molar-refractivity contribution in [1.82, 2.24) is 14.2 Å². The zero-order chi connectivity index (χ0) is 25.2. The molecule has 1 aliphatic heterocycles. The summed E-state index contributed by atoms with van der Waals surface area (Å²) >= 11 is 1.47. The van der Waals surface area contributed by atoms with Crippen LogP contribution in [0.25, 0.3) is 10.2 Å². The molecule has 0 radical (unpaired) electrons. The molecule has 8 nitrogen and oxygen atoms in total. The molecule has 0 bridgehead atoms. The number of thiazole rings is 1. The third-order valence-corrected chi connectivity index (χ3v) is 9.21. The molecular weight excluding hydrogens is 484 g/mol. The fraction of sp³-hybridized carbons (Fsp3) is 0.440. The molecule has 1 aromatic heterocycles. The van der Waals surface area contributed by atoms with Crippen LogP contribution in [0.1, 0.15) is 24.8 Å². The summed E-state index contributed by atoms with van der Waals surface area (Å²) < 4.78 is 34.5. The minimum absolute atomic E-state index is 0.160. The second-order valence-electron chi connectivity index (χ2n) is 9.01. The summed E-state index contributed by atoms with van der Waals surface area (Å²) in [5.74, 6) is 0.367. The van der Waals surface area contributed by atoms with Gasteiger partial charge in [0.2, 0.25) is 15.9 Å². The number of carbonyl (C=O) groups excluding carboxylic acids is 1. The minimum atomic E-state index is -3.83. The van der Waals surface area contributed by atoms with Crippen LogP contribution >= 0.6 is 11.3 Å². The van der Waals surface area contributed by atoms with Crippen LogP contribution < -0.4 is 9.64 Å². The molecular formula is C25H32N4O4S2. The molecule has 0 aliphatic carbocycles. The molecule has 188 valence electrons. The zero-order valence-electron chi connectivity index (χ0n) is 20.6. The van der Waals surface area contributed by atoms with Gasteiger partial charge in [-0.1, -0.05) is 23.5 Å². The van der Waals surface area contributed by atoms with Crippen molar-refractivity contribution in [2.45, 2.75) is 37.1 Å². The quantitative estimate of drug-likeness (QED) is 0.431. The number of aryl methyl sites for hydroxylation is 1. The van der Waals surface area contributed by atoms with Crippen molar-refractivity contribution in [3.05, 3.63) is 48.0 Å². The summed E-state index contributed by atoms with van der Waals surface area (Å²) in [5, 5.41) is 0.617. The number of fused-ring (bicyclic) bond motifs is 1. The lowest BCUT2D eigenvalue weighted by Gasteiger charge is -2.29. The predicted octanol–water partition coefficient (Wildman–Crippen LogP) is 3.75. The number of methoxy groups -OCH3 is 1. The van der Waals surface area contributed by atoms with Gasteiger partial charge >= 0.3 is 0 Å². The highest BCUT2D eigenvalue weighted by atomic mass is 32.2. The van der Waals surface area contributed by atoms with Crippen molar-refractivity contribution < 1.29 is 17.9 Å². The maximum Gasteiger partial charge on any atom is 0.247 e. The first-order chi connectivity index (χ1) is 16.7. The molecule has 0 N–H and O–H groups in total. The number of aromatic nitrogens is 1. The van der Waals surface area contributed by atoms with Crippen molar-refractivity contribution in [2.75, 3.05) is 45.7 Å². The average Bonchev–Trinajstić information content (AvgIpc) is 3.50. The van der Waals surface area contributed by atoms with Gasteiger partial charge < -0.3 is 9.64 Å². The van der Waals surface area contributed by atoms with Crippen LogP contribution in [0.4, 0.5) is 5.13 Å². The number of nitrogens with zero attached hydrogens (tertiary/aromatic N) is 4. The predicted molar refractivity (Wildman–Crippen MR) is 140 cm³/mol. The Bertz CT molecular complexity index is 1290. The highest BCUT2D eigenvalue weighted by Crippen LogP contribution is 2.34. The second kappa shape index (κ2) is 10.6. The number of benzene rings is 2. The molecule has 1 saturated heterocycles. The summed E-state index contributed by atoms with van der Waals surface area (Å²) in [4.78, 5) is 22.6. The molecule has 3 aromatic rings. The first-order valence-electron chi connectivity index (χ1n) is 11.7. The van der Waals surface area contributed by atoms with Crippen LogP contribution in [0.15, 0.2) is 47.4 Å². The fourth-order valence-corrected chi connectivity index (χ4v) is 7.10. The maximum atomic E-state index is 13.9. The Morgan fingerprint density at radius 1 is 1.17 bits per heavy atom. The van der Waals surface area contributed by atoms with Gasteiger partial charge in [-0.05, 0) is 82.7 Å². The van der Waals surface area contributed by atoms with E-state index < -0.39 is 16.1 Å². The second-order valence-corrected chi connectivity index (χ2v) is 11.9. The number of anilines is 1. The van der Waals surface area contributed by atoms with Crippen molar-refractivity contribution in [3.63, 3.8) is 0 Å². The first kappa shape index (κ1) is 25.6. The Morgan fingerprint density at radius 2 is 1.91 bits per heavy atom. The number of sulfonamides is 1. The first-order valence-corrected chi connectivity index (χ1v) is 14.0. The zero-order valence-corrected chi connectivity index (χ0v) is 22.2. The summed E-state index contributed by atoms with van der Waals surface area (Å²) in [6.45, 7) is 3.61. The smallest absolute Gasteiger partial charge is 0.247 e. The van der Waals surface area contributed by atoms with Gasteiger partial charge in [-0.15, -0.1) is 0 Å². The molecule has 1 atom stereocenters. The van der Waals surface area contributed by atoms with Crippen LogP contribution in [0.5, 0.6) is 5.75 Å². The van der Waals surface area contributed by atoms with Crippen LogP contribution in [0.3, 0.4) is 0 Å². The van der Waals surface area contributed by atoms with E-state index in [2.05, 4.69) is 4.90 Å². The van der Waals surface area contributed by atoms with E-state index in [0.29, 0.717) is 36.8 Å². The van der Waals surface area contributed by atoms with Crippen LogP contribution in [0, 0.1) is 6.92 Å². The molecule has 1 amide bonds.